The van der Waals surface area contributed by atoms with E-state index in [0.29, 0.717) is 0 Å². The van der Waals surface area contributed by atoms with Crippen LogP contribution in [0.25, 0.3) is 9.40 Å². The van der Waals surface area contributed by atoms with E-state index in [0.717, 1.165) is 0 Å². The molecular formula is C8H6Br2S4. The summed E-state index contributed by atoms with van der Waals surface area (Å²) in [6.07, 6.45) is 4.25. The monoisotopic (exact) mass is 388 g/mol. The molecule has 0 nitrogen and oxygen atoms in total. The van der Waals surface area contributed by atoms with E-state index >= 15 is 0 Å². The van der Waals surface area contributed by atoms with Crippen LogP contribution in [0.3, 0.4) is 0 Å². The molecule has 0 amide bonds. The Balaban J connectivity index is 2.78. The summed E-state index contributed by atoms with van der Waals surface area (Å²) in [5.41, 5.74) is 0. The fourth-order valence-corrected chi connectivity index (χ4v) is 8.22. The van der Waals surface area contributed by atoms with Gasteiger partial charge in [0.05, 0.1) is 26.8 Å². The van der Waals surface area contributed by atoms with Gasteiger partial charge in [0.1, 0.15) is 0 Å². The van der Waals surface area contributed by atoms with Gasteiger partial charge in [0.25, 0.3) is 0 Å². The Bertz CT molecular complexity index is 427. The zero-order valence-electron chi connectivity index (χ0n) is 7.39. The Morgan fingerprint density at radius 2 is 1.21 bits per heavy atom. The molecule has 2 aromatic rings. The van der Waals surface area contributed by atoms with E-state index in [-0.39, 0.29) is 0 Å². The van der Waals surface area contributed by atoms with Gasteiger partial charge in [0, 0.05) is 0 Å². The van der Waals surface area contributed by atoms with Crippen molar-refractivity contribution in [3.05, 3.63) is 7.57 Å². The fourth-order valence-electron chi connectivity index (χ4n) is 1.19. The number of rotatable bonds is 2. The first-order valence-corrected chi connectivity index (χ1v) is 9.34. The van der Waals surface area contributed by atoms with E-state index in [9.17, 15) is 0 Å². The van der Waals surface area contributed by atoms with Gasteiger partial charge >= 0.3 is 0 Å². The zero-order chi connectivity index (χ0) is 10.3. The Labute approximate surface area is 116 Å². The molecule has 0 spiro atoms. The van der Waals surface area contributed by atoms with Crippen LogP contribution in [0.5, 0.6) is 0 Å². The van der Waals surface area contributed by atoms with Gasteiger partial charge in [-0.05, 0) is 44.4 Å². The molecule has 0 N–H and O–H groups in total. The Morgan fingerprint density at radius 3 is 1.50 bits per heavy atom. The van der Waals surface area contributed by atoms with Gasteiger partial charge in [0.2, 0.25) is 0 Å². The van der Waals surface area contributed by atoms with Crippen LogP contribution in [0.4, 0.5) is 0 Å². The number of hydrogen-bond donors (Lipinski definition) is 0. The van der Waals surface area contributed by atoms with Gasteiger partial charge in [-0.15, -0.1) is 46.2 Å². The third-order valence-electron chi connectivity index (χ3n) is 1.77. The first-order valence-electron chi connectivity index (χ1n) is 3.67. The maximum atomic E-state index is 3.62. The highest BCUT2D eigenvalue weighted by Gasteiger charge is 2.17. The van der Waals surface area contributed by atoms with Crippen molar-refractivity contribution >= 4 is 87.5 Å². The van der Waals surface area contributed by atoms with Gasteiger partial charge < -0.3 is 0 Å². The second kappa shape index (κ2) is 4.67. The van der Waals surface area contributed by atoms with Crippen LogP contribution in [0.15, 0.2) is 17.4 Å². The molecule has 2 rings (SSSR count). The highest BCUT2D eigenvalue weighted by molar-refractivity contribution is 9.11. The van der Waals surface area contributed by atoms with Gasteiger partial charge in [0.15, 0.2) is 0 Å². The lowest BCUT2D eigenvalue weighted by Gasteiger charge is -1.90. The summed E-state index contributed by atoms with van der Waals surface area (Å²) in [4.78, 5) is 2.74. The smallest absolute Gasteiger partial charge is 0.0855 e. The second-order valence-electron chi connectivity index (χ2n) is 2.48. The molecular weight excluding hydrogens is 384 g/mol. The minimum atomic E-state index is 1.26. The van der Waals surface area contributed by atoms with Crippen LogP contribution in [0.1, 0.15) is 0 Å². The molecule has 0 aliphatic carbocycles. The molecule has 0 fully saturated rings. The SMILES string of the molecule is CSc1c(Br)sc2c(SC)c(Br)sc12. The van der Waals surface area contributed by atoms with Gasteiger partial charge in [-0.2, -0.15) is 0 Å². The van der Waals surface area contributed by atoms with E-state index in [2.05, 4.69) is 44.4 Å². The summed E-state index contributed by atoms with van der Waals surface area (Å²) in [5, 5.41) is 0. The number of halogens is 2. The lowest BCUT2D eigenvalue weighted by atomic mass is 10.5. The molecule has 14 heavy (non-hydrogen) atoms. The predicted octanol–water partition coefficient (Wildman–Crippen LogP) is 5.93. The van der Waals surface area contributed by atoms with E-state index in [4.69, 9.17) is 0 Å². The molecule has 0 aromatic carbocycles. The Kier molecular flexibility index (Phi) is 3.94. The maximum Gasteiger partial charge on any atom is 0.0855 e. The van der Waals surface area contributed by atoms with Crippen molar-refractivity contribution in [3.8, 4) is 0 Å². The normalized spacial score (nSPS) is 11.4. The summed E-state index contributed by atoms with van der Waals surface area (Å²) in [6, 6.07) is 0. The molecule has 0 radical (unpaired) electrons. The minimum absolute atomic E-state index is 1.26. The van der Waals surface area contributed by atoms with Crippen molar-refractivity contribution in [1.82, 2.24) is 0 Å². The average molecular weight is 390 g/mol. The highest BCUT2D eigenvalue weighted by atomic mass is 79.9. The average Bonchev–Trinajstić information content (AvgIpc) is 2.58. The number of hydrogen-bond acceptors (Lipinski definition) is 4. The van der Waals surface area contributed by atoms with Crippen molar-refractivity contribution in [2.75, 3.05) is 12.5 Å². The van der Waals surface area contributed by atoms with E-state index < -0.39 is 0 Å². The lowest BCUT2D eigenvalue weighted by Crippen LogP contribution is -1.59. The minimum Gasteiger partial charge on any atom is -0.126 e. The molecule has 0 aliphatic rings. The molecule has 0 aliphatic heterocycles. The summed E-state index contributed by atoms with van der Waals surface area (Å²) < 4.78 is 5.33. The standard InChI is InChI=1S/C8H6Br2S4/c1-11-5-3-4(14-7(5)9)6(12-2)8(10)13-3/h1-2H3. The predicted molar refractivity (Wildman–Crippen MR) is 78.7 cm³/mol. The quantitative estimate of drug-likeness (QED) is 0.583. The van der Waals surface area contributed by atoms with Gasteiger partial charge in [-0.3, -0.25) is 0 Å². The third-order valence-corrected chi connectivity index (χ3v) is 8.33. The zero-order valence-corrected chi connectivity index (χ0v) is 13.8. The molecule has 2 heterocycles. The molecule has 0 saturated carbocycles. The third kappa shape index (κ3) is 1.82. The fraction of sp³-hybridized carbons (Fsp3) is 0.250. The largest absolute Gasteiger partial charge is 0.126 e. The van der Waals surface area contributed by atoms with Crippen LogP contribution in [-0.2, 0) is 0 Å². The van der Waals surface area contributed by atoms with Crippen molar-refractivity contribution in [2.24, 2.45) is 0 Å². The molecule has 6 heteroatoms. The van der Waals surface area contributed by atoms with Crippen LogP contribution >= 0.6 is 78.1 Å². The Morgan fingerprint density at radius 1 is 0.857 bits per heavy atom. The van der Waals surface area contributed by atoms with Gasteiger partial charge in [-0.1, -0.05) is 0 Å². The van der Waals surface area contributed by atoms with Crippen LogP contribution in [0.2, 0.25) is 0 Å². The molecule has 76 valence electrons. The summed E-state index contributed by atoms with van der Waals surface area (Å²) in [6.45, 7) is 0. The summed E-state index contributed by atoms with van der Waals surface area (Å²) >= 11 is 14.5. The molecule has 0 atom stereocenters. The van der Waals surface area contributed by atoms with Crippen molar-refractivity contribution < 1.29 is 0 Å². The Hall–Kier alpha value is 1.32. The van der Waals surface area contributed by atoms with Crippen LogP contribution in [0, 0.1) is 0 Å². The molecule has 0 unspecified atom stereocenters. The van der Waals surface area contributed by atoms with Gasteiger partial charge in [-0.25, -0.2) is 0 Å². The molecule has 0 saturated heterocycles. The van der Waals surface area contributed by atoms with Crippen molar-refractivity contribution in [3.63, 3.8) is 0 Å². The van der Waals surface area contributed by atoms with E-state index in [1.807, 2.05) is 46.2 Å². The number of fused-ring (bicyclic) bond motifs is 1. The first-order chi connectivity index (χ1) is 6.69. The van der Waals surface area contributed by atoms with Crippen molar-refractivity contribution in [2.45, 2.75) is 9.79 Å². The summed E-state index contributed by atoms with van der Waals surface area (Å²) in [7, 11) is 0. The number of thiophene rings is 2. The van der Waals surface area contributed by atoms with Crippen molar-refractivity contribution in [1.29, 1.82) is 0 Å². The van der Waals surface area contributed by atoms with Crippen LogP contribution < -0.4 is 0 Å². The maximum absolute atomic E-state index is 3.62. The van der Waals surface area contributed by atoms with Crippen LogP contribution in [-0.4, -0.2) is 12.5 Å². The lowest BCUT2D eigenvalue weighted by molar-refractivity contribution is 1.64. The van der Waals surface area contributed by atoms with E-state index in [1.54, 1.807) is 0 Å². The first kappa shape index (κ1) is 11.8. The topological polar surface area (TPSA) is 0 Å². The second-order valence-corrected chi connectivity index (χ2v) is 8.79. The molecule has 2 aromatic heterocycles. The highest BCUT2D eigenvalue weighted by Crippen LogP contribution is 2.51. The molecule has 0 bridgehead atoms. The summed E-state index contributed by atoms with van der Waals surface area (Å²) in [5.74, 6) is 0. The van der Waals surface area contributed by atoms with E-state index in [1.165, 1.54) is 26.8 Å². The number of thioether (sulfide) groups is 2.